The summed E-state index contributed by atoms with van der Waals surface area (Å²) in [6, 6.07) is 9.67. The lowest BCUT2D eigenvalue weighted by atomic mass is 9.93. The minimum atomic E-state index is -0.415. The Bertz CT molecular complexity index is 976. The Morgan fingerprint density at radius 2 is 2.03 bits per heavy atom. The SMILES string of the molecule is CCc1cc(Cl)cc2c1N=CC2CCCCOC(=O)NCc1ccc2c(c1)OCCO2. The maximum Gasteiger partial charge on any atom is 0.407 e. The molecule has 2 aliphatic heterocycles. The summed E-state index contributed by atoms with van der Waals surface area (Å²) in [4.78, 5) is 16.6. The van der Waals surface area contributed by atoms with Crippen molar-refractivity contribution in [1.82, 2.24) is 5.32 Å². The van der Waals surface area contributed by atoms with E-state index in [-0.39, 0.29) is 5.92 Å². The summed E-state index contributed by atoms with van der Waals surface area (Å²) in [7, 11) is 0. The monoisotopic (exact) mass is 442 g/mol. The van der Waals surface area contributed by atoms with Crippen LogP contribution in [0.4, 0.5) is 10.5 Å². The molecule has 7 heteroatoms. The molecule has 1 unspecified atom stereocenters. The van der Waals surface area contributed by atoms with Crippen LogP contribution in [0.5, 0.6) is 11.5 Å². The minimum Gasteiger partial charge on any atom is -0.486 e. The van der Waals surface area contributed by atoms with Gasteiger partial charge in [0.15, 0.2) is 11.5 Å². The molecular formula is C24H27ClN2O4. The number of unbranched alkanes of at least 4 members (excludes halogenated alkanes) is 1. The lowest BCUT2D eigenvalue weighted by molar-refractivity contribution is 0.143. The van der Waals surface area contributed by atoms with E-state index in [0.29, 0.717) is 32.1 Å². The van der Waals surface area contributed by atoms with Crippen LogP contribution in [0.2, 0.25) is 5.02 Å². The molecule has 0 radical (unpaired) electrons. The van der Waals surface area contributed by atoms with Gasteiger partial charge < -0.3 is 19.5 Å². The Hall–Kier alpha value is -2.73. The smallest absolute Gasteiger partial charge is 0.407 e. The normalized spacial score (nSPS) is 16.1. The summed E-state index contributed by atoms with van der Waals surface area (Å²) in [5, 5.41) is 3.54. The van der Waals surface area contributed by atoms with Crippen LogP contribution < -0.4 is 14.8 Å². The number of hydrogen-bond donors (Lipinski definition) is 1. The van der Waals surface area contributed by atoms with Gasteiger partial charge in [0, 0.05) is 23.7 Å². The molecule has 2 aromatic rings. The fourth-order valence-electron chi connectivity index (χ4n) is 3.92. The zero-order valence-corrected chi connectivity index (χ0v) is 18.4. The van der Waals surface area contributed by atoms with Gasteiger partial charge in [-0.15, -0.1) is 0 Å². The number of fused-ring (bicyclic) bond motifs is 2. The molecule has 164 valence electrons. The summed E-state index contributed by atoms with van der Waals surface area (Å²) >= 11 is 6.27. The van der Waals surface area contributed by atoms with E-state index in [4.69, 9.17) is 25.8 Å². The summed E-state index contributed by atoms with van der Waals surface area (Å²) in [5.74, 6) is 1.73. The third-order valence-electron chi connectivity index (χ3n) is 5.53. The average Bonchev–Trinajstić information content (AvgIpc) is 3.19. The number of carbonyl (C=O) groups is 1. The molecule has 0 spiro atoms. The predicted octanol–water partition coefficient (Wildman–Crippen LogP) is 5.57. The highest BCUT2D eigenvalue weighted by molar-refractivity contribution is 6.30. The van der Waals surface area contributed by atoms with Gasteiger partial charge in [0.25, 0.3) is 0 Å². The molecular weight excluding hydrogens is 416 g/mol. The molecule has 2 aromatic carbocycles. The lowest BCUT2D eigenvalue weighted by Gasteiger charge is -2.18. The van der Waals surface area contributed by atoms with Gasteiger partial charge in [-0.3, -0.25) is 4.99 Å². The number of benzene rings is 2. The van der Waals surface area contributed by atoms with Crippen molar-refractivity contribution in [1.29, 1.82) is 0 Å². The van der Waals surface area contributed by atoms with E-state index in [1.54, 1.807) is 0 Å². The van der Waals surface area contributed by atoms with Crippen LogP contribution in [0.25, 0.3) is 0 Å². The van der Waals surface area contributed by atoms with Crippen molar-refractivity contribution >= 4 is 29.6 Å². The van der Waals surface area contributed by atoms with Crippen LogP contribution in [0.1, 0.15) is 48.8 Å². The molecule has 0 fully saturated rings. The van der Waals surface area contributed by atoms with Crippen molar-refractivity contribution in [2.75, 3.05) is 19.8 Å². The number of aliphatic imine (C=N–C) groups is 1. The van der Waals surface area contributed by atoms with Gasteiger partial charge in [0.05, 0.1) is 12.3 Å². The molecule has 2 heterocycles. The Morgan fingerprint density at radius 3 is 2.87 bits per heavy atom. The zero-order valence-electron chi connectivity index (χ0n) is 17.7. The average molecular weight is 443 g/mol. The maximum absolute atomic E-state index is 12.0. The molecule has 1 atom stereocenters. The number of ether oxygens (including phenoxy) is 3. The van der Waals surface area contributed by atoms with Crippen molar-refractivity contribution in [3.05, 3.63) is 52.0 Å². The lowest BCUT2D eigenvalue weighted by Crippen LogP contribution is -2.24. The molecule has 0 saturated carbocycles. The predicted molar refractivity (Wildman–Crippen MR) is 121 cm³/mol. The number of carbonyl (C=O) groups excluding carboxylic acids is 1. The van der Waals surface area contributed by atoms with Gasteiger partial charge in [-0.05, 0) is 66.6 Å². The summed E-state index contributed by atoms with van der Waals surface area (Å²) in [6.45, 7) is 3.98. The van der Waals surface area contributed by atoms with E-state index >= 15 is 0 Å². The first-order chi connectivity index (χ1) is 15.1. The number of halogens is 1. The van der Waals surface area contributed by atoms with Gasteiger partial charge >= 0.3 is 6.09 Å². The van der Waals surface area contributed by atoms with Gasteiger partial charge in [0.1, 0.15) is 13.2 Å². The van der Waals surface area contributed by atoms with Crippen LogP contribution in [0.15, 0.2) is 35.3 Å². The van der Waals surface area contributed by atoms with Gasteiger partial charge in [-0.1, -0.05) is 24.6 Å². The molecule has 31 heavy (non-hydrogen) atoms. The second-order valence-electron chi connectivity index (χ2n) is 7.70. The van der Waals surface area contributed by atoms with Crippen LogP contribution >= 0.6 is 11.6 Å². The number of hydrogen-bond acceptors (Lipinski definition) is 5. The Balaban J connectivity index is 1.16. The van der Waals surface area contributed by atoms with E-state index in [1.165, 1.54) is 11.1 Å². The quantitative estimate of drug-likeness (QED) is 0.542. The Labute approximate surface area is 187 Å². The highest BCUT2D eigenvalue weighted by atomic mass is 35.5. The summed E-state index contributed by atoms with van der Waals surface area (Å²) < 4.78 is 16.4. The van der Waals surface area contributed by atoms with E-state index in [0.717, 1.165) is 47.7 Å². The highest BCUT2D eigenvalue weighted by Gasteiger charge is 2.21. The first kappa shape index (κ1) is 21.5. The first-order valence-electron chi connectivity index (χ1n) is 10.8. The van der Waals surface area contributed by atoms with E-state index < -0.39 is 6.09 Å². The topological polar surface area (TPSA) is 69.2 Å². The molecule has 1 N–H and O–H groups in total. The third kappa shape index (κ3) is 5.31. The standard InChI is InChI=1S/C24H27ClN2O4/c1-2-17-12-19(25)13-20-18(15-26-23(17)20)5-3-4-8-31-24(28)27-14-16-6-7-21-22(11-16)30-10-9-29-21/h6-7,11-13,15,18H,2-5,8-10,14H2,1H3,(H,27,28). The number of nitrogens with one attached hydrogen (secondary N) is 1. The first-order valence-corrected chi connectivity index (χ1v) is 11.2. The van der Waals surface area contributed by atoms with Gasteiger partial charge in [-0.2, -0.15) is 0 Å². The van der Waals surface area contributed by atoms with Crippen molar-refractivity contribution in [3.8, 4) is 11.5 Å². The summed E-state index contributed by atoms with van der Waals surface area (Å²) in [5.41, 5.74) is 4.42. The molecule has 1 amide bonds. The Morgan fingerprint density at radius 1 is 1.19 bits per heavy atom. The van der Waals surface area contributed by atoms with E-state index in [2.05, 4.69) is 17.2 Å². The third-order valence-corrected chi connectivity index (χ3v) is 5.75. The highest BCUT2D eigenvalue weighted by Crippen LogP contribution is 2.40. The summed E-state index contributed by atoms with van der Waals surface area (Å²) in [6.07, 6.45) is 5.23. The largest absolute Gasteiger partial charge is 0.486 e. The maximum atomic E-state index is 12.0. The number of alkyl carbamates (subject to hydrolysis) is 1. The molecule has 2 aliphatic rings. The van der Waals surface area contributed by atoms with E-state index in [1.807, 2.05) is 36.5 Å². The number of nitrogens with zero attached hydrogens (tertiary/aromatic N) is 1. The van der Waals surface area contributed by atoms with Crippen molar-refractivity contribution in [2.45, 2.75) is 45.1 Å². The number of amides is 1. The van der Waals surface area contributed by atoms with E-state index in [9.17, 15) is 4.79 Å². The molecule has 0 aliphatic carbocycles. The van der Waals surface area contributed by atoms with Crippen molar-refractivity contribution in [2.24, 2.45) is 4.99 Å². The molecule has 0 aromatic heterocycles. The second-order valence-corrected chi connectivity index (χ2v) is 8.14. The minimum absolute atomic E-state index is 0.281. The second kappa shape index (κ2) is 10.1. The van der Waals surface area contributed by atoms with Crippen LogP contribution in [0, 0.1) is 0 Å². The number of rotatable bonds is 8. The molecule has 0 bridgehead atoms. The Kier molecular flexibility index (Phi) is 6.97. The van der Waals surface area contributed by atoms with Gasteiger partial charge in [-0.25, -0.2) is 4.79 Å². The zero-order chi connectivity index (χ0) is 21.6. The molecule has 0 saturated heterocycles. The van der Waals surface area contributed by atoms with Gasteiger partial charge in [0.2, 0.25) is 0 Å². The van der Waals surface area contributed by atoms with Crippen LogP contribution in [-0.2, 0) is 17.7 Å². The molecule has 4 rings (SSSR count). The molecule has 6 nitrogen and oxygen atoms in total. The number of aryl methyl sites for hydroxylation is 1. The van der Waals surface area contributed by atoms with Crippen LogP contribution in [0.3, 0.4) is 0 Å². The van der Waals surface area contributed by atoms with Crippen molar-refractivity contribution in [3.63, 3.8) is 0 Å². The van der Waals surface area contributed by atoms with Crippen LogP contribution in [-0.4, -0.2) is 32.1 Å². The fraction of sp³-hybridized carbons (Fsp3) is 0.417. The fourth-order valence-corrected chi connectivity index (χ4v) is 4.17. The van der Waals surface area contributed by atoms with Crippen molar-refractivity contribution < 1.29 is 19.0 Å².